The van der Waals surface area contributed by atoms with Gasteiger partial charge in [-0.15, -0.1) is 0 Å². The van der Waals surface area contributed by atoms with E-state index in [1.165, 1.54) is 6.92 Å². The van der Waals surface area contributed by atoms with Gasteiger partial charge in [0.25, 0.3) is 0 Å². The summed E-state index contributed by atoms with van der Waals surface area (Å²) in [4.78, 5) is 22.7. The second-order valence-electron chi connectivity index (χ2n) is 5.91. The minimum atomic E-state index is -0.290. The summed E-state index contributed by atoms with van der Waals surface area (Å²) < 4.78 is 0. The molecular weight excluding hydrogens is 310 g/mol. The van der Waals surface area contributed by atoms with E-state index >= 15 is 0 Å². The molecule has 0 fully saturated rings. The van der Waals surface area contributed by atoms with Crippen molar-refractivity contribution in [3.8, 4) is 11.1 Å². The standard InChI is InChI=1S/C22H19NO2/c1-16(25)23-22(21-9-5-6-17(14-21)15-24)20-12-10-19(11-13-20)18-7-3-2-4-8-18/h2-15,22H,1H3,(H,23,25). The maximum atomic E-state index is 11.7. The van der Waals surface area contributed by atoms with Crippen LogP contribution in [0, 0.1) is 0 Å². The van der Waals surface area contributed by atoms with Gasteiger partial charge >= 0.3 is 0 Å². The number of rotatable bonds is 5. The molecule has 0 aliphatic carbocycles. The first-order valence-electron chi connectivity index (χ1n) is 8.15. The van der Waals surface area contributed by atoms with Gasteiger partial charge in [0.1, 0.15) is 6.29 Å². The van der Waals surface area contributed by atoms with Crippen LogP contribution in [0.3, 0.4) is 0 Å². The maximum Gasteiger partial charge on any atom is 0.217 e. The van der Waals surface area contributed by atoms with Crippen LogP contribution < -0.4 is 5.32 Å². The van der Waals surface area contributed by atoms with Crippen LogP contribution in [0.5, 0.6) is 0 Å². The molecule has 1 amide bonds. The number of amides is 1. The highest BCUT2D eigenvalue weighted by Gasteiger charge is 2.15. The van der Waals surface area contributed by atoms with Gasteiger partial charge in [-0.25, -0.2) is 0 Å². The number of hydrogen-bond donors (Lipinski definition) is 1. The van der Waals surface area contributed by atoms with Crippen molar-refractivity contribution in [3.05, 3.63) is 95.6 Å². The van der Waals surface area contributed by atoms with Gasteiger partial charge in [0.2, 0.25) is 5.91 Å². The Hall–Kier alpha value is -3.20. The second kappa shape index (κ2) is 7.58. The van der Waals surface area contributed by atoms with E-state index in [1.54, 1.807) is 12.1 Å². The highest BCUT2D eigenvalue weighted by Crippen LogP contribution is 2.26. The summed E-state index contributed by atoms with van der Waals surface area (Å²) >= 11 is 0. The largest absolute Gasteiger partial charge is 0.345 e. The fraction of sp³-hybridized carbons (Fsp3) is 0.0909. The molecule has 3 aromatic carbocycles. The molecule has 124 valence electrons. The van der Waals surface area contributed by atoms with Gasteiger partial charge < -0.3 is 5.32 Å². The molecule has 0 saturated heterocycles. The van der Waals surface area contributed by atoms with E-state index in [0.29, 0.717) is 5.56 Å². The number of nitrogens with one attached hydrogen (secondary N) is 1. The molecule has 25 heavy (non-hydrogen) atoms. The molecule has 3 heteroatoms. The number of hydrogen-bond acceptors (Lipinski definition) is 2. The van der Waals surface area contributed by atoms with Gasteiger partial charge in [0.05, 0.1) is 6.04 Å². The van der Waals surface area contributed by atoms with Crippen LogP contribution in [0.4, 0.5) is 0 Å². The molecule has 0 saturated carbocycles. The van der Waals surface area contributed by atoms with Gasteiger partial charge in [0, 0.05) is 12.5 Å². The van der Waals surface area contributed by atoms with Gasteiger partial charge in [-0.3, -0.25) is 9.59 Å². The van der Waals surface area contributed by atoms with Crippen molar-refractivity contribution in [1.82, 2.24) is 5.32 Å². The summed E-state index contributed by atoms with van der Waals surface area (Å²) in [6.45, 7) is 1.49. The minimum absolute atomic E-state index is 0.117. The molecule has 0 spiro atoms. The fourth-order valence-electron chi connectivity index (χ4n) is 2.87. The second-order valence-corrected chi connectivity index (χ2v) is 5.91. The highest BCUT2D eigenvalue weighted by atomic mass is 16.1. The van der Waals surface area contributed by atoms with Crippen molar-refractivity contribution < 1.29 is 9.59 Å². The van der Waals surface area contributed by atoms with E-state index in [4.69, 9.17) is 0 Å². The molecule has 0 aliphatic rings. The lowest BCUT2D eigenvalue weighted by atomic mass is 9.95. The van der Waals surface area contributed by atoms with E-state index in [-0.39, 0.29) is 11.9 Å². The predicted octanol–water partition coefficient (Wildman–Crippen LogP) is 4.39. The Kier molecular flexibility index (Phi) is 5.05. The van der Waals surface area contributed by atoms with Gasteiger partial charge in [0.15, 0.2) is 0 Å². The van der Waals surface area contributed by atoms with Crippen LogP contribution in [0.1, 0.15) is 34.5 Å². The van der Waals surface area contributed by atoms with Crippen LogP contribution in [-0.4, -0.2) is 12.2 Å². The van der Waals surface area contributed by atoms with E-state index in [2.05, 4.69) is 17.4 Å². The molecular formula is C22H19NO2. The zero-order chi connectivity index (χ0) is 17.6. The van der Waals surface area contributed by atoms with Crippen LogP contribution in [0.2, 0.25) is 0 Å². The summed E-state index contributed by atoms with van der Waals surface area (Å²) in [6, 6.07) is 25.2. The van der Waals surface area contributed by atoms with Crippen molar-refractivity contribution in [1.29, 1.82) is 0 Å². The van der Waals surface area contributed by atoms with Crippen molar-refractivity contribution in [2.45, 2.75) is 13.0 Å². The first-order valence-corrected chi connectivity index (χ1v) is 8.15. The van der Waals surface area contributed by atoms with Crippen LogP contribution in [0.25, 0.3) is 11.1 Å². The van der Waals surface area contributed by atoms with Gasteiger partial charge in [-0.2, -0.15) is 0 Å². The topological polar surface area (TPSA) is 46.2 Å². The summed E-state index contributed by atoms with van der Waals surface area (Å²) in [6.07, 6.45) is 0.812. The molecule has 3 aromatic rings. The Bertz CT molecular complexity index is 870. The zero-order valence-corrected chi connectivity index (χ0v) is 14.0. The smallest absolute Gasteiger partial charge is 0.217 e. The molecule has 0 aliphatic heterocycles. The van der Waals surface area contributed by atoms with Crippen molar-refractivity contribution in [2.75, 3.05) is 0 Å². The molecule has 3 rings (SSSR count). The van der Waals surface area contributed by atoms with Gasteiger partial charge in [-0.05, 0) is 28.3 Å². The van der Waals surface area contributed by atoms with E-state index in [0.717, 1.165) is 28.5 Å². The third-order valence-electron chi connectivity index (χ3n) is 4.08. The SMILES string of the molecule is CC(=O)NC(c1ccc(-c2ccccc2)cc1)c1cccc(C=O)c1. The van der Waals surface area contributed by atoms with Crippen molar-refractivity contribution >= 4 is 12.2 Å². The average molecular weight is 329 g/mol. The highest BCUT2D eigenvalue weighted by molar-refractivity contribution is 5.76. The molecule has 0 aromatic heterocycles. The number of carbonyl (C=O) groups is 2. The summed E-state index contributed by atoms with van der Waals surface area (Å²) in [5, 5.41) is 2.97. The summed E-state index contributed by atoms with van der Waals surface area (Å²) in [5.41, 5.74) is 4.71. The van der Waals surface area contributed by atoms with Crippen LogP contribution in [-0.2, 0) is 4.79 Å². The molecule has 0 bridgehead atoms. The normalized spacial score (nSPS) is 11.6. The predicted molar refractivity (Wildman–Crippen MR) is 99.4 cm³/mol. The van der Waals surface area contributed by atoms with Gasteiger partial charge in [-0.1, -0.05) is 72.8 Å². The number of benzene rings is 3. The Morgan fingerprint density at radius 2 is 1.52 bits per heavy atom. The lowest BCUT2D eigenvalue weighted by Gasteiger charge is -2.19. The molecule has 0 heterocycles. The molecule has 3 nitrogen and oxygen atoms in total. The van der Waals surface area contributed by atoms with Crippen molar-refractivity contribution in [2.24, 2.45) is 0 Å². The van der Waals surface area contributed by atoms with Crippen molar-refractivity contribution in [3.63, 3.8) is 0 Å². The number of aldehydes is 1. The Morgan fingerprint density at radius 3 is 2.16 bits per heavy atom. The Morgan fingerprint density at radius 1 is 0.840 bits per heavy atom. The Labute approximate surface area is 147 Å². The third kappa shape index (κ3) is 4.01. The number of carbonyl (C=O) groups excluding carboxylic acids is 2. The zero-order valence-electron chi connectivity index (χ0n) is 14.0. The molecule has 1 unspecified atom stereocenters. The van der Waals surface area contributed by atoms with E-state index in [1.807, 2.05) is 54.6 Å². The summed E-state index contributed by atoms with van der Waals surface area (Å²) in [7, 11) is 0. The Balaban J connectivity index is 1.96. The average Bonchev–Trinajstić information content (AvgIpc) is 2.67. The molecule has 1 N–H and O–H groups in total. The van der Waals surface area contributed by atoms with Crippen LogP contribution in [0.15, 0.2) is 78.9 Å². The van der Waals surface area contributed by atoms with E-state index in [9.17, 15) is 9.59 Å². The first kappa shape index (κ1) is 16.7. The quantitative estimate of drug-likeness (QED) is 0.706. The third-order valence-corrected chi connectivity index (χ3v) is 4.08. The van der Waals surface area contributed by atoms with E-state index < -0.39 is 0 Å². The minimum Gasteiger partial charge on any atom is -0.345 e. The van der Waals surface area contributed by atoms with Crippen LogP contribution >= 0.6 is 0 Å². The lowest BCUT2D eigenvalue weighted by Crippen LogP contribution is -2.27. The summed E-state index contributed by atoms with van der Waals surface area (Å²) in [5.74, 6) is -0.117. The monoisotopic (exact) mass is 329 g/mol. The first-order chi connectivity index (χ1) is 12.2. The maximum absolute atomic E-state index is 11.7. The molecule has 0 radical (unpaired) electrons. The molecule has 1 atom stereocenters. The fourth-order valence-corrected chi connectivity index (χ4v) is 2.87. The lowest BCUT2D eigenvalue weighted by molar-refractivity contribution is -0.119.